The fourth-order valence-corrected chi connectivity index (χ4v) is 1.28. The first kappa shape index (κ1) is 11.4. The Bertz CT molecular complexity index is 588. The molecule has 0 amide bonds. The van der Waals surface area contributed by atoms with Crippen LogP contribution in [0.4, 0.5) is 16.7 Å². The Morgan fingerprint density at radius 3 is 1.72 bits per heavy atom. The van der Waals surface area contributed by atoms with E-state index in [2.05, 4.69) is 9.97 Å². The monoisotopic (exact) mass is 252 g/mol. The van der Waals surface area contributed by atoms with Crippen LogP contribution in [-0.2, 0) is 0 Å². The van der Waals surface area contributed by atoms with Gasteiger partial charge in [-0.2, -0.15) is 0 Å². The van der Waals surface area contributed by atoms with Crippen molar-refractivity contribution in [3.63, 3.8) is 0 Å². The third-order valence-electron chi connectivity index (χ3n) is 1.98. The van der Waals surface area contributed by atoms with Crippen molar-refractivity contribution in [2.75, 3.05) is 0 Å². The molecule has 0 unspecified atom stereocenters. The van der Waals surface area contributed by atoms with E-state index in [4.69, 9.17) is 0 Å². The number of aromatic nitrogens is 4. The highest BCUT2D eigenvalue weighted by molar-refractivity contribution is 5.82. The molecule has 2 aromatic rings. The second-order valence-electron chi connectivity index (χ2n) is 2.99. The van der Waals surface area contributed by atoms with E-state index in [1.807, 2.05) is 0 Å². The van der Waals surface area contributed by atoms with E-state index >= 15 is 0 Å². The zero-order chi connectivity index (χ0) is 13.3. The van der Waals surface area contributed by atoms with Gasteiger partial charge in [-0.05, 0) is 9.85 Å². The summed E-state index contributed by atoms with van der Waals surface area (Å²) in [6, 6.07) is -1.01. The summed E-state index contributed by atoms with van der Waals surface area (Å²) in [7, 11) is 0. The second kappa shape index (κ2) is 4.04. The largest absolute Gasteiger partial charge is 0.460 e. The van der Waals surface area contributed by atoms with Crippen LogP contribution >= 0.6 is 0 Å². The minimum atomic E-state index is -1.01. The lowest BCUT2D eigenvalue weighted by atomic mass is 10.7. The first-order valence-electron chi connectivity index (χ1n) is 4.42. The van der Waals surface area contributed by atoms with Crippen LogP contribution in [0, 0.1) is 20.2 Å². The lowest BCUT2D eigenvalue weighted by Crippen LogP contribution is -2.21. The van der Waals surface area contributed by atoms with Crippen molar-refractivity contribution < 1.29 is 14.6 Å². The van der Waals surface area contributed by atoms with Crippen molar-refractivity contribution >= 4 is 17.9 Å². The predicted molar refractivity (Wildman–Crippen MR) is 54.0 cm³/mol. The average Bonchev–Trinajstić information content (AvgIpc) is 2.97. The van der Waals surface area contributed by atoms with Gasteiger partial charge in [-0.3, -0.25) is 0 Å². The lowest BCUT2D eigenvalue weighted by Gasteiger charge is -1.99. The van der Waals surface area contributed by atoms with Crippen LogP contribution in [0.3, 0.4) is 0 Å². The number of rotatable bonds is 2. The van der Waals surface area contributed by atoms with Crippen LogP contribution in [0.2, 0.25) is 0 Å². The smallest absolute Gasteiger partial charge is 0.390 e. The summed E-state index contributed by atoms with van der Waals surface area (Å²) in [4.78, 5) is 38.0. The molecule has 0 aliphatic carbocycles. The Morgan fingerprint density at radius 1 is 1.00 bits per heavy atom. The molecule has 0 saturated carbocycles. The number of imidazole rings is 2. The molecular weight excluding hydrogens is 248 g/mol. The van der Waals surface area contributed by atoms with Gasteiger partial charge in [0.1, 0.15) is 24.8 Å². The van der Waals surface area contributed by atoms with Gasteiger partial charge in [0, 0.05) is 0 Å². The van der Waals surface area contributed by atoms with E-state index in [-0.39, 0.29) is 0 Å². The third kappa shape index (κ3) is 1.68. The van der Waals surface area contributed by atoms with Crippen LogP contribution in [-0.4, -0.2) is 35.0 Å². The first-order valence-corrected chi connectivity index (χ1v) is 4.42. The van der Waals surface area contributed by atoms with Crippen molar-refractivity contribution in [1.82, 2.24) is 19.1 Å². The van der Waals surface area contributed by atoms with Crippen LogP contribution in [0.5, 0.6) is 0 Å². The molecule has 0 aliphatic rings. The molecule has 2 aromatic heterocycles. The summed E-state index contributed by atoms with van der Waals surface area (Å²) in [5.41, 5.74) is 0. The Kier molecular flexibility index (Phi) is 2.56. The molecule has 18 heavy (non-hydrogen) atoms. The summed E-state index contributed by atoms with van der Waals surface area (Å²) in [5, 5.41) is 21.2. The van der Waals surface area contributed by atoms with Crippen molar-refractivity contribution in [3.8, 4) is 0 Å². The fourth-order valence-electron chi connectivity index (χ4n) is 1.28. The predicted octanol–water partition coefficient (Wildman–Crippen LogP) is 0.412. The molecule has 0 N–H and O–H groups in total. The summed E-state index contributed by atoms with van der Waals surface area (Å²) < 4.78 is 1.16. The number of hydrogen-bond donors (Lipinski definition) is 0. The Hall–Kier alpha value is -3.11. The number of nitrogens with zero attached hydrogens (tertiary/aromatic N) is 6. The highest BCUT2D eigenvalue weighted by Crippen LogP contribution is 2.13. The molecule has 0 bridgehead atoms. The molecule has 2 heterocycles. The molecule has 0 aliphatic heterocycles. The number of carbonyl (C=O) groups excluding carboxylic acids is 1. The van der Waals surface area contributed by atoms with E-state index in [9.17, 15) is 25.0 Å². The van der Waals surface area contributed by atoms with Crippen LogP contribution in [0.1, 0.15) is 0 Å². The van der Waals surface area contributed by atoms with Crippen LogP contribution in [0.15, 0.2) is 24.8 Å². The van der Waals surface area contributed by atoms with E-state index < -0.39 is 27.8 Å². The lowest BCUT2D eigenvalue weighted by molar-refractivity contribution is -0.396. The van der Waals surface area contributed by atoms with Gasteiger partial charge in [-0.1, -0.05) is 9.97 Å². The Labute approximate surface area is 97.6 Å². The summed E-state index contributed by atoms with van der Waals surface area (Å²) in [5.74, 6) is -1.47. The highest BCUT2D eigenvalue weighted by Gasteiger charge is 2.29. The maximum Gasteiger partial charge on any atom is 0.460 e. The third-order valence-corrected chi connectivity index (χ3v) is 1.98. The van der Waals surface area contributed by atoms with Crippen molar-refractivity contribution in [1.29, 1.82) is 0 Å². The first-order chi connectivity index (χ1) is 8.52. The number of hydrogen-bond acceptors (Lipinski definition) is 7. The van der Waals surface area contributed by atoms with Gasteiger partial charge in [0.15, 0.2) is 0 Å². The molecule has 0 fully saturated rings. The minimum Gasteiger partial charge on any atom is -0.390 e. The zero-order valence-electron chi connectivity index (χ0n) is 8.53. The molecule has 0 saturated heterocycles. The molecule has 0 spiro atoms. The topological polar surface area (TPSA) is 139 Å². The van der Waals surface area contributed by atoms with Gasteiger partial charge >= 0.3 is 17.9 Å². The summed E-state index contributed by atoms with van der Waals surface area (Å²) >= 11 is 0. The fraction of sp³-hybridized carbons (Fsp3) is 0. The van der Waals surface area contributed by atoms with Gasteiger partial charge in [-0.25, -0.2) is 4.79 Å². The number of nitro groups is 2. The summed E-state index contributed by atoms with van der Waals surface area (Å²) in [6.07, 6.45) is 4.14. The van der Waals surface area contributed by atoms with E-state index in [1.54, 1.807) is 0 Å². The van der Waals surface area contributed by atoms with Crippen molar-refractivity contribution in [2.45, 2.75) is 0 Å². The normalized spacial score (nSPS) is 10.2. The van der Waals surface area contributed by atoms with Gasteiger partial charge in [0.25, 0.3) is 0 Å². The van der Waals surface area contributed by atoms with Crippen LogP contribution < -0.4 is 0 Å². The highest BCUT2D eigenvalue weighted by atomic mass is 16.6. The van der Waals surface area contributed by atoms with E-state index in [1.165, 1.54) is 0 Å². The second-order valence-corrected chi connectivity index (χ2v) is 2.99. The van der Waals surface area contributed by atoms with E-state index in [0.717, 1.165) is 24.8 Å². The molecule has 11 heteroatoms. The Morgan fingerprint density at radius 2 is 1.39 bits per heavy atom. The molecule has 11 nitrogen and oxygen atoms in total. The maximum atomic E-state index is 11.9. The van der Waals surface area contributed by atoms with Gasteiger partial charge in [0.2, 0.25) is 0 Å². The average molecular weight is 252 g/mol. The Balaban J connectivity index is 2.48. The molecule has 0 atom stereocenters. The van der Waals surface area contributed by atoms with Gasteiger partial charge < -0.3 is 20.2 Å². The minimum absolute atomic E-state index is 0.578. The standard InChI is InChI=1S/C7H4N6O5/c14-7(10-3-1-8-5(10)12(15)16)11-4-2-9-6(11)13(17)18/h1-4H. The number of carbonyl (C=O) groups is 1. The van der Waals surface area contributed by atoms with Crippen molar-refractivity contribution in [3.05, 3.63) is 45.0 Å². The van der Waals surface area contributed by atoms with Gasteiger partial charge in [-0.15, -0.1) is 9.13 Å². The summed E-state index contributed by atoms with van der Waals surface area (Å²) in [6.45, 7) is 0. The van der Waals surface area contributed by atoms with E-state index in [0.29, 0.717) is 9.13 Å². The molecular formula is C7H4N6O5. The molecule has 0 radical (unpaired) electrons. The molecule has 2 rings (SSSR count). The van der Waals surface area contributed by atoms with Crippen molar-refractivity contribution in [2.24, 2.45) is 0 Å². The SMILES string of the molecule is O=C(n1ccnc1[N+](=O)[O-])n1ccnc1[N+](=O)[O-]. The maximum absolute atomic E-state index is 11.9. The molecule has 92 valence electrons. The quantitative estimate of drug-likeness (QED) is 0.556. The zero-order valence-corrected chi connectivity index (χ0v) is 8.53. The van der Waals surface area contributed by atoms with Gasteiger partial charge in [0.05, 0.1) is 0 Å². The van der Waals surface area contributed by atoms with Crippen LogP contribution in [0.25, 0.3) is 0 Å². The molecule has 0 aromatic carbocycles.